The van der Waals surface area contributed by atoms with Crippen molar-refractivity contribution in [2.24, 2.45) is 0 Å². The van der Waals surface area contributed by atoms with Crippen molar-refractivity contribution in [2.75, 3.05) is 28.3 Å². The molecule has 0 fully saturated rings. The zero-order valence-electron chi connectivity index (χ0n) is 13.9. The largest absolute Gasteiger partial charge is 0.497 e. The van der Waals surface area contributed by atoms with Gasteiger partial charge in [-0.15, -0.1) is 0 Å². The monoisotopic (exact) mass is 335 g/mol. The summed E-state index contributed by atoms with van der Waals surface area (Å²) in [7, 11) is 6.62. The first-order valence-corrected chi connectivity index (χ1v) is 7.51. The first-order valence-electron chi connectivity index (χ1n) is 7.11. The third-order valence-electron chi connectivity index (χ3n) is 3.66. The fourth-order valence-corrected chi connectivity index (χ4v) is 2.78. The van der Waals surface area contributed by atoms with E-state index in [-0.39, 0.29) is 11.9 Å². The average Bonchev–Trinajstić information content (AvgIpc) is 2.52. The van der Waals surface area contributed by atoms with Gasteiger partial charge in [-0.25, -0.2) is 0 Å². The van der Waals surface area contributed by atoms with E-state index in [1.807, 2.05) is 19.1 Å². The molecule has 124 valence electrons. The summed E-state index contributed by atoms with van der Waals surface area (Å²) in [5, 5.41) is 6.64. The van der Waals surface area contributed by atoms with Crippen LogP contribution in [0.5, 0.6) is 11.5 Å². The molecule has 0 spiro atoms. The van der Waals surface area contributed by atoms with Crippen LogP contribution < -0.4 is 20.1 Å². The Kier molecular flexibility index (Phi) is 5.10. The Morgan fingerprint density at radius 1 is 1.26 bits per heavy atom. The first kappa shape index (κ1) is 17.1. The molecule has 0 saturated heterocycles. The lowest BCUT2D eigenvalue weighted by Gasteiger charge is -2.32. The molecule has 0 unspecified atom stereocenters. The minimum Gasteiger partial charge on any atom is -0.497 e. The lowest BCUT2D eigenvalue weighted by atomic mass is 9.94. The number of carbonyl (C=O) groups excluding carboxylic acids is 1. The maximum atomic E-state index is 12.6. The van der Waals surface area contributed by atoms with E-state index < -0.39 is 0 Å². The number of carbonyl (C=O) groups is 1. The highest BCUT2D eigenvalue weighted by Gasteiger charge is 2.32. The van der Waals surface area contributed by atoms with Gasteiger partial charge in [0.1, 0.15) is 11.5 Å². The first-order chi connectivity index (χ1) is 10.9. The smallest absolute Gasteiger partial charge is 0.253 e. The Hall–Kier alpha value is -2.28. The van der Waals surface area contributed by atoms with E-state index in [9.17, 15) is 4.79 Å². The normalized spacial score (nSPS) is 17.3. The van der Waals surface area contributed by atoms with Crippen molar-refractivity contribution in [2.45, 2.75) is 13.0 Å². The van der Waals surface area contributed by atoms with Crippen molar-refractivity contribution in [3.63, 3.8) is 0 Å². The molecule has 1 aromatic carbocycles. The Morgan fingerprint density at radius 2 is 1.96 bits per heavy atom. The van der Waals surface area contributed by atoms with Gasteiger partial charge in [-0.3, -0.25) is 4.79 Å². The third-order valence-corrected chi connectivity index (χ3v) is 3.88. The summed E-state index contributed by atoms with van der Waals surface area (Å²) in [6.07, 6.45) is 0. The Bertz CT molecular complexity index is 671. The summed E-state index contributed by atoms with van der Waals surface area (Å²) in [5.74, 6) is 1.22. The highest BCUT2D eigenvalue weighted by molar-refractivity contribution is 7.80. The van der Waals surface area contributed by atoms with Crippen molar-refractivity contribution < 1.29 is 14.3 Å². The molecule has 6 nitrogen and oxygen atoms in total. The second-order valence-electron chi connectivity index (χ2n) is 5.38. The minimum atomic E-state index is -0.389. The van der Waals surface area contributed by atoms with Gasteiger partial charge in [0.15, 0.2) is 5.11 Å². The van der Waals surface area contributed by atoms with Gasteiger partial charge in [0.2, 0.25) is 0 Å². The Labute approximate surface area is 141 Å². The summed E-state index contributed by atoms with van der Waals surface area (Å²) in [5.41, 5.74) is 2.16. The quantitative estimate of drug-likeness (QED) is 0.815. The number of benzene rings is 1. The van der Waals surface area contributed by atoms with Crippen LogP contribution in [-0.2, 0) is 4.79 Å². The highest BCUT2D eigenvalue weighted by atomic mass is 32.1. The van der Waals surface area contributed by atoms with Crippen LogP contribution in [0.2, 0.25) is 0 Å². The van der Waals surface area contributed by atoms with Crippen molar-refractivity contribution in [1.29, 1.82) is 0 Å². The lowest BCUT2D eigenvalue weighted by molar-refractivity contribution is -0.125. The van der Waals surface area contributed by atoms with Crippen LogP contribution in [0.25, 0.3) is 0 Å². The molecule has 2 N–H and O–H groups in total. The van der Waals surface area contributed by atoms with Crippen LogP contribution in [0.4, 0.5) is 0 Å². The van der Waals surface area contributed by atoms with E-state index in [4.69, 9.17) is 21.7 Å². The van der Waals surface area contributed by atoms with E-state index in [1.165, 1.54) is 0 Å². The topological polar surface area (TPSA) is 62.8 Å². The van der Waals surface area contributed by atoms with Gasteiger partial charge in [0.25, 0.3) is 5.91 Å². The summed E-state index contributed by atoms with van der Waals surface area (Å²) < 4.78 is 10.7. The van der Waals surface area contributed by atoms with E-state index >= 15 is 0 Å². The van der Waals surface area contributed by atoms with Gasteiger partial charge >= 0.3 is 0 Å². The Morgan fingerprint density at radius 3 is 2.52 bits per heavy atom. The SMILES string of the molecule is COc1ccc([C@H]2NC(=S)NC(C)=C2C(=O)N(C)C)c(OC)c1. The van der Waals surface area contributed by atoms with Crippen LogP contribution >= 0.6 is 12.2 Å². The molecule has 0 saturated carbocycles. The summed E-state index contributed by atoms with van der Waals surface area (Å²) in [4.78, 5) is 14.1. The number of nitrogens with zero attached hydrogens (tertiary/aromatic N) is 1. The molecule has 23 heavy (non-hydrogen) atoms. The van der Waals surface area contributed by atoms with Crippen LogP contribution in [0.1, 0.15) is 18.5 Å². The number of hydrogen-bond donors (Lipinski definition) is 2. The van der Waals surface area contributed by atoms with Gasteiger partial charge in [-0.1, -0.05) is 0 Å². The fourth-order valence-electron chi connectivity index (χ4n) is 2.51. The number of rotatable bonds is 4. The van der Waals surface area contributed by atoms with Crippen molar-refractivity contribution >= 4 is 23.2 Å². The van der Waals surface area contributed by atoms with Gasteiger partial charge in [-0.05, 0) is 31.3 Å². The number of amides is 1. The summed E-state index contributed by atoms with van der Waals surface area (Å²) in [6, 6.07) is 5.10. The summed E-state index contributed by atoms with van der Waals surface area (Å²) >= 11 is 5.25. The van der Waals surface area contributed by atoms with E-state index in [0.29, 0.717) is 22.2 Å². The standard InChI is InChI=1S/C16H21N3O3S/c1-9-13(15(20)19(2)3)14(18-16(23)17-9)11-7-6-10(21-4)8-12(11)22-5/h6-8,14H,1-5H3,(H2,17,18,23)/t14-/m1/s1. The molecule has 1 atom stereocenters. The van der Waals surface area contributed by atoms with Crippen LogP contribution in [0.3, 0.4) is 0 Å². The maximum absolute atomic E-state index is 12.6. The van der Waals surface area contributed by atoms with Crippen LogP contribution in [-0.4, -0.2) is 44.2 Å². The molecular formula is C16H21N3O3S. The Balaban J connectivity index is 2.56. The number of thiocarbonyl (C=S) groups is 1. The van der Waals surface area contributed by atoms with Crippen molar-refractivity contribution in [3.8, 4) is 11.5 Å². The number of allylic oxidation sites excluding steroid dienone is 1. The molecule has 1 aliphatic heterocycles. The molecule has 2 rings (SSSR count). The fraction of sp³-hybridized carbons (Fsp3) is 0.375. The highest BCUT2D eigenvalue weighted by Crippen LogP contribution is 2.35. The molecule has 0 aromatic heterocycles. The zero-order chi connectivity index (χ0) is 17.1. The van der Waals surface area contributed by atoms with E-state index in [0.717, 1.165) is 11.3 Å². The molecule has 0 aliphatic carbocycles. The van der Waals surface area contributed by atoms with E-state index in [2.05, 4.69) is 10.6 Å². The number of hydrogen-bond acceptors (Lipinski definition) is 4. The second-order valence-corrected chi connectivity index (χ2v) is 5.79. The van der Waals surface area contributed by atoms with Gasteiger partial charge in [0.05, 0.1) is 25.8 Å². The molecule has 0 bridgehead atoms. The molecule has 1 heterocycles. The molecule has 1 aliphatic rings. The predicted octanol–water partition coefficient (Wildman–Crippen LogP) is 1.58. The number of likely N-dealkylation sites (N-methyl/N-ethyl adjacent to an activating group) is 1. The van der Waals surface area contributed by atoms with Gasteiger partial charge in [0, 0.05) is 31.4 Å². The van der Waals surface area contributed by atoms with Gasteiger partial charge in [-0.2, -0.15) is 0 Å². The van der Waals surface area contributed by atoms with E-state index in [1.54, 1.807) is 39.3 Å². The maximum Gasteiger partial charge on any atom is 0.253 e. The van der Waals surface area contributed by atoms with Crippen molar-refractivity contribution in [1.82, 2.24) is 15.5 Å². The molecular weight excluding hydrogens is 314 g/mol. The summed E-state index contributed by atoms with van der Waals surface area (Å²) in [6.45, 7) is 1.84. The predicted molar refractivity (Wildman–Crippen MR) is 92.6 cm³/mol. The lowest BCUT2D eigenvalue weighted by Crippen LogP contribution is -2.46. The number of ether oxygens (including phenoxy) is 2. The molecule has 0 radical (unpaired) electrons. The number of methoxy groups -OCH3 is 2. The van der Waals surface area contributed by atoms with Crippen LogP contribution in [0, 0.1) is 0 Å². The third kappa shape index (κ3) is 3.39. The zero-order valence-corrected chi connectivity index (χ0v) is 14.7. The molecule has 1 amide bonds. The van der Waals surface area contributed by atoms with Crippen molar-refractivity contribution in [3.05, 3.63) is 35.0 Å². The molecule has 1 aromatic rings. The van der Waals surface area contributed by atoms with Gasteiger partial charge < -0.3 is 25.0 Å². The van der Waals surface area contributed by atoms with Crippen LogP contribution in [0.15, 0.2) is 29.5 Å². The second kappa shape index (κ2) is 6.87. The molecule has 7 heteroatoms. The average molecular weight is 335 g/mol. The minimum absolute atomic E-state index is 0.0899. The number of nitrogens with one attached hydrogen (secondary N) is 2.